The number of ketones is 2. The summed E-state index contributed by atoms with van der Waals surface area (Å²) in [4.78, 5) is 51.2. The van der Waals surface area contributed by atoms with Crippen LogP contribution in [-0.4, -0.2) is 46.1 Å². The van der Waals surface area contributed by atoms with Gasteiger partial charge in [0.05, 0.1) is 60.3 Å². The van der Waals surface area contributed by atoms with Crippen LogP contribution in [0.5, 0.6) is 0 Å². The number of hydrogen-bond acceptors (Lipinski definition) is 9. The van der Waals surface area contributed by atoms with Gasteiger partial charge < -0.3 is 0 Å². The summed E-state index contributed by atoms with van der Waals surface area (Å²) in [6, 6.07) is 88.3. The average Bonchev–Trinajstić information content (AvgIpc) is 1.05. The van der Waals surface area contributed by atoms with Crippen molar-refractivity contribution in [2.45, 2.75) is 16.2 Å². The molecule has 0 bridgehead atoms. The van der Waals surface area contributed by atoms with Crippen molar-refractivity contribution in [3.05, 3.63) is 295 Å². The van der Waals surface area contributed by atoms with Crippen molar-refractivity contribution in [1.29, 1.82) is 0 Å². The van der Waals surface area contributed by atoms with Crippen LogP contribution in [-0.2, 0) is 16.3 Å². The van der Waals surface area contributed by atoms with E-state index in [1.807, 2.05) is 134 Å². The predicted octanol–water partition coefficient (Wildman–Crippen LogP) is 19.7. The zero-order valence-corrected chi connectivity index (χ0v) is 50.8. The molecule has 0 saturated carbocycles. The maximum Gasteiger partial charge on any atom is 0.207 e. The molecule has 22 rings (SSSR count). The molecular weight excluding hydrogens is 1180 g/mol. The lowest BCUT2D eigenvalue weighted by Crippen LogP contribution is -2.15. The molecule has 0 N–H and O–H groups in total. The first-order valence-electron chi connectivity index (χ1n) is 31.2. The Bertz CT molecular complexity index is 6070. The highest BCUT2D eigenvalue weighted by atomic mass is 32.2. The van der Waals surface area contributed by atoms with E-state index in [-0.39, 0.29) is 11.6 Å². The molecular formula is C84H47N5O4S. The third-order valence-corrected chi connectivity index (χ3v) is 21.0. The smallest absolute Gasteiger partial charge is 0.207 e. The van der Waals surface area contributed by atoms with Gasteiger partial charge in [-0.25, -0.2) is 28.4 Å². The van der Waals surface area contributed by atoms with Gasteiger partial charge in [0.25, 0.3) is 0 Å². The Labute approximate surface area is 538 Å². The van der Waals surface area contributed by atoms with Crippen molar-refractivity contribution in [3.8, 4) is 89.5 Å². The Kier molecular flexibility index (Phi) is 11.6. The summed E-state index contributed by atoms with van der Waals surface area (Å²) in [5.41, 5.74) is 25.1. The van der Waals surface area contributed by atoms with Gasteiger partial charge in [-0.1, -0.05) is 218 Å². The number of carbonyl (C=O) groups excluding carboxylic acids is 2. The van der Waals surface area contributed by atoms with Crippen LogP contribution in [0.2, 0.25) is 0 Å². The van der Waals surface area contributed by atoms with Crippen molar-refractivity contribution in [2.24, 2.45) is 4.99 Å². The molecule has 16 aromatic rings. The van der Waals surface area contributed by atoms with E-state index in [4.69, 9.17) is 19.9 Å². The standard InChI is InChI=1S/C24H12O2.C22H12N2.C20H11N3.C18H12O2S/c25-23-17-7-3-1-5-13(17)15-9-11-20-22-16(10-12-19(23)21(15)22)14-6-2-4-8-18(14)24(20)26;1-2-6-15-12-19-18(11-14(15)5-1)23-21-16-9-3-7-13-8-4-10-17(20(13)16)22(21)24-19;1-3-11-4-2-6-14-18(11)13(5-1)19-20(14)23-17-10-15-12(7-8-21-15)9-16(17)22-19;19-21(20)17-9-5-4-8-15(17)16-11-10-14(12-18(16)21)13-6-2-1-3-7-13/h1-12H;1-12H;1-6,8-10H,7H2;1-12H. The summed E-state index contributed by atoms with van der Waals surface area (Å²) < 4.78 is 25.3. The molecule has 0 fully saturated rings. The second-order valence-electron chi connectivity index (χ2n) is 24.3. The van der Waals surface area contributed by atoms with Gasteiger partial charge in [0.1, 0.15) is 0 Å². The van der Waals surface area contributed by atoms with Gasteiger partial charge in [-0.2, -0.15) is 0 Å². The first-order chi connectivity index (χ1) is 46.2. The topological polar surface area (TPSA) is 132 Å². The third-order valence-electron chi connectivity index (χ3n) is 19.2. The molecule has 0 spiro atoms. The molecule has 438 valence electrons. The molecule has 4 heterocycles. The Morgan fingerprint density at radius 1 is 0.277 bits per heavy atom. The predicted molar refractivity (Wildman–Crippen MR) is 377 cm³/mol. The van der Waals surface area contributed by atoms with Crippen molar-refractivity contribution in [1.82, 2.24) is 19.9 Å². The maximum atomic E-state index is 13.1. The first kappa shape index (κ1) is 53.6. The fraction of sp³-hybridized carbons (Fsp3) is 0.0119. The molecule has 0 amide bonds. The summed E-state index contributed by atoms with van der Waals surface area (Å²) >= 11 is 0. The maximum absolute atomic E-state index is 13.1. The van der Waals surface area contributed by atoms with Crippen molar-refractivity contribution in [2.75, 3.05) is 0 Å². The monoisotopic (exact) mass is 1220 g/mol. The van der Waals surface area contributed by atoms with Gasteiger partial charge >= 0.3 is 0 Å². The molecule has 2 aromatic heterocycles. The average molecular weight is 1220 g/mol. The third kappa shape index (κ3) is 8.00. The van der Waals surface area contributed by atoms with Crippen molar-refractivity contribution in [3.63, 3.8) is 0 Å². The Balaban J connectivity index is 0.0000000892. The zero-order valence-electron chi connectivity index (χ0n) is 50.0. The fourth-order valence-corrected chi connectivity index (χ4v) is 16.6. The number of aromatic nitrogens is 4. The number of nitrogens with zero attached hydrogens (tertiary/aromatic N) is 5. The number of fused-ring (bicyclic) bond motifs is 17. The molecule has 4 aliphatic carbocycles. The highest BCUT2D eigenvalue weighted by Gasteiger charge is 2.35. The summed E-state index contributed by atoms with van der Waals surface area (Å²) in [5.74, 6) is 0.0613. The van der Waals surface area contributed by atoms with E-state index in [1.165, 1.54) is 60.1 Å². The van der Waals surface area contributed by atoms with E-state index in [0.29, 0.717) is 20.9 Å². The van der Waals surface area contributed by atoms with E-state index >= 15 is 0 Å². The van der Waals surface area contributed by atoms with Crippen molar-refractivity contribution >= 4 is 98.5 Å². The number of rotatable bonds is 1. The first-order valence-corrected chi connectivity index (χ1v) is 32.7. The molecule has 0 saturated heterocycles. The zero-order chi connectivity index (χ0) is 62.5. The van der Waals surface area contributed by atoms with Crippen LogP contribution in [0.1, 0.15) is 37.4 Å². The van der Waals surface area contributed by atoms with E-state index < -0.39 is 9.84 Å². The largest absolute Gasteiger partial charge is 0.289 e. The lowest BCUT2D eigenvalue weighted by Gasteiger charge is -2.26. The van der Waals surface area contributed by atoms with Crippen LogP contribution < -0.4 is 0 Å². The molecule has 0 radical (unpaired) electrons. The summed E-state index contributed by atoms with van der Waals surface area (Å²) in [7, 11) is -3.40. The Hall–Kier alpha value is -12.2. The van der Waals surface area contributed by atoms with E-state index in [2.05, 4.69) is 126 Å². The molecule has 94 heavy (non-hydrogen) atoms. The van der Waals surface area contributed by atoms with Crippen LogP contribution in [0, 0.1) is 0 Å². The normalized spacial score (nSPS) is 13.4. The molecule has 9 nitrogen and oxygen atoms in total. The second-order valence-corrected chi connectivity index (χ2v) is 26.2. The molecule has 10 heteroatoms. The Morgan fingerprint density at radius 2 is 0.670 bits per heavy atom. The molecule has 0 unspecified atom stereocenters. The lowest BCUT2D eigenvalue weighted by atomic mass is 9.76. The van der Waals surface area contributed by atoms with E-state index in [9.17, 15) is 18.0 Å². The summed E-state index contributed by atoms with van der Waals surface area (Å²) in [6.07, 6.45) is 2.84. The van der Waals surface area contributed by atoms with Crippen LogP contribution >= 0.6 is 0 Å². The molecule has 14 aromatic carbocycles. The number of benzene rings is 14. The van der Waals surface area contributed by atoms with Gasteiger partial charge in [0.2, 0.25) is 9.84 Å². The number of sulfone groups is 1. The lowest BCUT2D eigenvalue weighted by molar-refractivity contribution is 0.103. The van der Waals surface area contributed by atoms with E-state index in [1.54, 1.807) is 18.2 Å². The number of aliphatic imine (C=N–C) groups is 1. The minimum Gasteiger partial charge on any atom is -0.289 e. The summed E-state index contributed by atoms with van der Waals surface area (Å²) in [6.45, 7) is 0. The van der Waals surface area contributed by atoms with Crippen LogP contribution in [0.25, 0.3) is 155 Å². The highest BCUT2D eigenvalue weighted by molar-refractivity contribution is 7.92. The van der Waals surface area contributed by atoms with Crippen LogP contribution in [0.3, 0.4) is 0 Å². The minimum absolute atomic E-state index is 0.0307. The van der Waals surface area contributed by atoms with Gasteiger partial charge in [0.15, 0.2) is 11.6 Å². The van der Waals surface area contributed by atoms with Crippen LogP contribution in [0.15, 0.2) is 282 Å². The van der Waals surface area contributed by atoms with E-state index in [0.717, 1.165) is 123 Å². The SMILES string of the molecule is C1=Nc2cc3nc4c(nc3cc2C1)-c1cccc2cccc-4c12.O=C1c2ccccc2-c2ccc3c4c(ccc1c24)-c1ccccc1C3=O.O=S1(=O)c2ccccc2-c2ccc(-c3ccccc3)cc21.c1ccc2cc3nc4c(nc3cc2c1)-c1cccc2cccc-4c12. The summed E-state index contributed by atoms with van der Waals surface area (Å²) in [5, 5.41) is 9.26. The quantitative estimate of drug-likeness (QED) is 0.148. The van der Waals surface area contributed by atoms with Crippen molar-refractivity contribution < 1.29 is 18.0 Å². The van der Waals surface area contributed by atoms with Gasteiger partial charge in [0, 0.05) is 89.8 Å². The van der Waals surface area contributed by atoms with Gasteiger partial charge in [-0.3, -0.25) is 14.6 Å². The van der Waals surface area contributed by atoms with Gasteiger partial charge in [-0.15, -0.1) is 0 Å². The minimum atomic E-state index is -3.40. The Morgan fingerprint density at radius 3 is 1.19 bits per heavy atom. The number of carbonyl (C=O) groups is 2. The second kappa shape index (κ2) is 20.4. The highest BCUT2D eigenvalue weighted by Crippen LogP contribution is 2.51. The number of hydrogen-bond donors (Lipinski definition) is 0. The van der Waals surface area contributed by atoms with Crippen LogP contribution in [0.4, 0.5) is 5.69 Å². The molecule has 6 aliphatic rings. The van der Waals surface area contributed by atoms with Gasteiger partial charge in [-0.05, 0) is 109 Å². The fourth-order valence-electron chi connectivity index (χ4n) is 14.9. The molecule has 0 atom stereocenters. The molecule has 2 aliphatic heterocycles.